The van der Waals surface area contributed by atoms with Gasteiger partial charge in [0.2, 0.25) is 0 Å². The van der Waals surface area contributed by atoms with Crippen LogP contribution in [0.2, 0.25) is 0 Å². The molecule has 0 rings (SSSR count). The molecule has 0 fully saturated rings. The van der Waals surface area contributed by atoms with E-state index in [0.29, 0.717) is 0 Å². The fraction of sp³-hybridized carbons (Fsp3) is 0.500. The van der Waals surface area contributed by atoms with Gasteiger partial charge < -0.3 is 10.2 Å². The predicted molar refractivity (Wildman–Crippen MR) is 133 cm³/mol. The minimum Gasteiger partial charge on any atom is -0.394 e. The smallest absolute Gasteiger partial charge is 0.394 e. The molecule has 0 bridgehead atoms. The third kappa shape index (κ3) is 18.4. The van der Waals surface area contributed by atoms with E-state index in [4.69, 9.17) is 10.2 Å². The Morgan fingerprint density at radius 3 is 0.692 bits per heavy atom. The Hall–Kier alpha value is -2.52. The molecule has 238 valence electrons. The van der Waals surface area contributed by atoms with Crippen molar-refractivity contribution in [2.75, 3.05) is 13.2 Å². The van der Waals surface area contributed by atoms with Crippen molar-refractivity contribution in [1.29, 1.82) is 0 Å². The number of ether oxygens (including phenoxy) is 1. The van der Waals surface area contributed by atoms with Crippen LogP contribution >= 0.6 is 0 Å². The molecule has 0 saturated carbocycles. The van der Waals surface area contributed by atoms with Crippen LogP contribution in [0, 0.1) is 0 Å². The molecule has 0 heterocycles. The molecule has 3 nitrogen and oxygen atoms in total. The highest BCUT2D eigenvalue weighted by Gasteiger charge is 2.80. The third-order valence-corrected chi connectivity index (χ3v) is 2.89. The molecule has 0 aromatic carbocycles. The average Bonchev–Trinajstić information content (AvgIpc) is 2.94. The number of hydrogen-bond acceptors (Lipinski definition) is 3. The first-order valence-corrected chi connectivity index (χ1v) is 9.93. The molecule has 0 aromatic rings. The molecule has 39 heavy (non-hydrogen) atoms. The predicted octanol–water partition coefficient (Wildman–Crippen LogP) is 9.33. The fourth-order valence-electron chi connectivity index (χ4n) is 1.16. The molecule has 0 aliphatic rings. The van der Waals surface area contributed by atoms with E-state index in [2.05, 4.69) is 78.9 Å². The molecule has 0 aliphatic heterocycles. The van der Waals surface area contributed by atoms with Crippen LogP contribution in [-0.4, -0.2) is 59.3 Å². The second-order valence-corrected chi connectivity index (χ2v) is 4.85. The van der Waals surface area contributed by atoms with Gasteiger partial charge in [0, 0.05) is 12.8 Å². The van der Waals surface area contributed by atoms with Gasteiger partial charge in [-0.15, -0.1) is 78.9 Å². The van der Waals surface area contributed by atoms with Crippen molar-refractivity contribution in [3.05, 3.63) is 78.9 Å². The van der Waals surface area contributed by atoms with Crippen LogP contribution in [0.5, 0.6) is 0 Å². The van der Waals surface area contributed by atoms with Crippen LogP contribution in [0.25, 0.3) is 0 Å². The minimum atomic E-state index is -6.86. The molecule has 2 N–H and O–H groups in total. The summed E-state index contributed by atoms with van der Waals surface area (Å²) in [7, 11) is 0. The van der Waals surface area contributed by atoms with Crippen LogP contribution in [0.15, 0.2) is 78.9 Å². The molecule has 0 amide bonds. The van der Waals surface area contributed by atoms with E-state index in [0.717, 1.165) is 0 Å². The van der Waals surface area contributed by atoms with E-state index in [1.807, 2.05) is 0 Å². The van der Waals surface area contributed by atoms with Crippen LogP contribution in [-0.2, 0) is 4.74 Å². The van der Waals surface area contributed by atoms with Gasteiger partial charge in [-0.1, -0.05) is 13.8 Å². The first-order valence-electron chi connectivity index (χ1n) is 9.93. The second kappa shape index (κ2) is 28.5. The van der Waals surface area contributed by atoms with Crippen molar-refractivity contribution in [3.8, 4) is 0 Å². The maximum atomic E-state index is 12.9. The number of alkyl halides is 12. The zero-order valence-corrected chi connectivity index (χ0v) is 22.2. The van der Waals surface area contributed by atoms with Crippen LogP contribution in [0.1, 0.15) is 26.7 Å². The molecule has 0 atom stereocenters. The Labute approximate surface area is 223 Å². The van der Waals surface area contributed by atoms with E-state index in [1.165, 1.54) is 0 Å². The van der Waals surface area contributed by atoms with Crippen LogP contribution in [0.3, 0.4) is 0 Å². The van der Waals surface area contributed by atoms with Gasteiger partial charge in [0.05, 0.1) is 13.2 Å². The Bertz CT molecular complexity index is 491. The van der Waals surface area contributed by atoms with Gasteiger partial charge in [0.15, 0.2) is 0 Å². The average molecular weight is 605 g/mol. The standard InChI is InChI=1S/C10H10F12O.C2H6O2.6C2H4/c1-3-5(11,12)7(15,16)9(19,20)23-10(21,22)8(17,18)6(13,14)4-2;3-1-2-4;6*1-2/h3-4H2,1-2H3;3-4H,1-2H2;6*1-2H2. The summed E-state index contributed by atoms with van der Waals surface area (Å²) in [6.45, 7) is 36.3. The van der Waals surface area contributed by atoms with Gasteiger partial charge in [-0.2, -0.15) is 52.7 Å². The van der Waals surface area contributed by atoms with E-state index in [-0.39, 0.29) is 27.1 Å². The van der Waals surface area contributed by atoms with E-state index in [9.17, 15) is 52.7 Å². The first kappa shape index (κ1) is 56.6. The summed E-state index contributed by atoms with van der Waals surface area (Å²) in [5.74, 6) is -24.6. The molecule has 0 saturated heterocycles. The van der Waals surface area contributed by atoms with E-state index >= 15 is 0 Å². The lowest BCUT2D eigenvalue weighted by Gasteiger charge is -2.37. The lowest BCUT2D eigenvalue weighted by Crippen LogP contribution is -2.62. The molecule has 15 heteroatoms. The van der Waals surface area contributed by atoms with Crippen LogP contribution in [0.4, 0.5) is 52.7 Å². The van der Waals surface area contributed by atoms with E-state index in [1.54, 1.807) is 4.74 Å². The summed E-state index contributed by atoms with van der Waals surface area (Å²) < 4.78 is 156. The van der Waals surface area contributed by atoms with Gasteiger partial charge in [0.1, 0.15) is 0 Å². The minimum absolute atomic E-state index is 0.125. The summed E-state index contributed by atoms with van der Waals surface area (Å²) >= 11 is 0. The lowest BCUT2D eigenvalue weighted by molar-refractivity contribution is -0.500. The largest absolute Gasteiger partial charge is 0.430 e. The monoisotopic (exact) mass is 604 g/mol. The topological polar surface area (TPSA) is 49.7 Å². The van der Waals surface area contributed by atoms with Gasteiger partial charge >= 0.3 is 35.9 Å². The summed E-state index contributed by atoms with van der Waals surface area (Å²) in [5, 5.41) is 15.2. The highest BCUT2D eigenvalue weighted by molar-refractivity contribution is 4.95. The number of halogens is 12. The second-order valence-electron chi connectivity index (χ2n) is 4.85. The summed E-state index contributed by atoms with van der Waals surface area (Å²) in [6, 6.07) is 0. The van der Waals surface area contributed by atoms with Gasteiger partial charge in [-0.3, -0.25) is 0 Å². The van der Waals surface area contributed by atoms with Crippen LogP contribution < -0.4 is 0 Å². The SMILES string of the molecule is C=C.C=C.C=C.C=C.C=C.C=C.CCC(F)(F)C(F)(F)C(F)(F)OC(F)(F)C(F)(F)C(F)(F)CC.OCCO. The van der Waals surface area contributed by atoms with Crippen molar-refractivity contribution in [2.45, 2.75) is 62.6 Å². The maximum Gasteiger partial charge on any atom is 0.430 e. The summed E-state index contributed by atoms with van der Waals surface area (Å²) in [4.78, 5) is 0. The number of aliphatic hydroxyl groups excluding tert-OH is 2. The van der Waals surface area contributed by atoms with Gasteiger partial charge in [-0.25, -0.2) is 4.74 Å². The highest BCUT2D eigenvalue weighted by atomic mass is 19.4. The quantitative estimate of drug-likeness (QED) is 0.204. The molecule has 0 spiro atoms. The zero-order chi connectivity index (χ0) is 34.5. The van der Waals surface area contributed by atoms with Crippen molar-refractivity contribution in [1.82, 2.24) is 0 Å². The molecule has 0 aliphatic carbocycles. The first-order chi connectivity index (χ1) is 17.7. The lowest BCUT2D eigenvalue weighted by atomic mass is 10.1. The number of hydrogen-bond donors (Lipinski definition) is 2. The van der Waals surface area contributed by atoms with Crippen molar-refractivity contribution in [2.24, 2.45) is 0 Å². The molecule has 0 aromatic heterocycles. The Kier molecular flexibility index (Phi) is 41.4. The number of rotatable bonds is 9. The zero-order valence-electron chi connectivity index (χ0n) is 22.2. The molecule has 0 unspecified atom stereocenters. The Balaban J connectivity index is -0.0000000838. The maximum absolute atomic E-state index is 12.9. The highest BCUT2D eigenvalue weighted by Crippen LogP contribution is 2.54. The Morgan fingerprint density at radius 1 is 0.436 bits per heavy atom. The normalized spacial score (nSPS) is 10.8. The molecule has 0 radical (unpaired) electrons. The summed E-state index contributed by atoms with van der Waals surface area (Å²) in [5.41, 5.74) is 0. The number of aliphatic hydroxyl groups is 2. The van der Waals surface area contributed by atoms with Crippen molar-refractivity contribution >= 4 is 0 Å². The fourth-order valence-corrected chi connectivity index (χ4v) is 1.16. The molecular weight excluding hydrogens is 564 g/mol. The third-order valence-electron chi connectivity index (χ3n) is 2.89. The van der Waals surface area contributed by atoms with Crippen molar-refractivity contribution < 1.29 is 67.6 Å². The summed E-state index contributed by atoms with van der Waals surface area (Å²) in [6.07, 6.45) is -17.7. The van der Waals surface area contributed by atoms with Gasteiger partial charge in [-0.05, 0) is 0 Å². The molecular formula is C24H40F12O3. The Morgan fingerprint density at radius 2 is 0.590 bits per heavy atom. The van der Waals surface area contributed by atoms with Gasteiger partial charge in [0.25, 0.3) is 0 Å². The van der Waals surface area contributed by atoms with Crippen molar-refractivity contribution in [3.63, 3.8) is 0 Å². The van der Waals surface area contributed by atoms with E-state index < -0.39 is 48.7 Å².